The molecular weight excluding hydrogens is 302 g/mol. The second kappa shape index (κ2) is 5.23. The summed E-state index contributed by atoms with van der Waals surface area (Å²) in [4.78, 5) is 15.5. The van der Waals surface area contributed by atoms with Crippen molar-refractivity contribution in [2.24, 2.45) is 5.73 Å². The summed E-state index contributed by atoms with van der Waals surface area (Å²) in [5, 5.41) is -0.169. The van der Waals surface area contributed by atoms with Gasteiger partial charge in [-0.3, -0.25) is 0 Å². The van der Waals surface area contributed by atoms with E-state index in [2.05, 4.69) is 19.9 Å². The van der Waals surface area contributed by atoms with E-state index >= 15 is 0 Å². The van der Waals surface area contributed by atoms with Crippen LogP contribution in [0.25, 0.3) is 28.5 Å². The van der Waals surface area contributed by atoms with Crippen LogP contribution in [-0.2, 0) is 9.84 Å². The van der Waals surface area contributed by atoms with Gasteiger partial charge in [-0.1, -0.05) is 24.3 Å². The van der Waals surface area contributed by atoms with Crippen LogP contribution in [0.5, 0.6) is 0 Å². The summed E-state index contributed by atoms with van der Waals surface area (Å²) >= 11 is 0. The first-order chi connectivity index (χ1) is 10.4. The van der Waals surface area contributed by atoms with Gasteiger partial charge in [0.25, 0.3) is 0 Å². The maximum absolute atomic E-state index is 11.3. The number of aromatic nitrogens is 4. The van der Waals surface area contributed by atoms with Crippen molar-refractivity contribution >= 4 is 27.1 Å². The van der Waals surface area contributed by atoms with Crippen LogP contribution in [0, 0.1) is 0 Å². The van der Waals surface area contributed by atoms with E-state index in [1.807, 2.05) is 12.1 Å². The molecule has 0 radical (unpaired) electrons. The molecular formula is C14H13N5O2S. The molecule has 22 heavy (non-hydrogen) atoms. The van der Waals surface area contributed by atoms with Crippen LogP contribution >= 0.6 is 0 Å². The number of nitrogens with zero attached hydrogens (tertiary/aromatic N) is 3. The van der Waals surface area contributed by atoms with Crippen molar-refractivity contribution in [2.45, 2.75) is 0 Å². The first kappa shape index (κ1) is 14.2. The minimum absolute atomic E-state index is 0.169. The maximum Gasteiger partial charge on any atom is 0.190 e. The molecule has 112 valence electrons. The number of hydrogen-bond acceptors (Lipinski definition) is 6. The highest BCUT2D eigenvalue weighted by Crippen LogP contribution is 2.23. The molecule has 0 atom stereocenters. The second-order valence-corrected chi connectivity index (χ2v) is 6.78. The van der Waals surface area contributed by atoms with Gasteiger partial charge in [-0.25, -0.2) is 23.4 Å². The fourth-order valence-corrected chi connectivity index (χ4v) is 2.33. The van der Waals surface area contributed by atoms with E-state index in [4.69, 9.17) is 5.73 Å². The molecule has 0 bridgehead atoms. The summed E-state index contributed by atoms with van der Waals surface area (Å²) in [6, 6.07) is 7.21. The molecule has 0 amide bonds. The minimum Gasteiger partial charge on any atom is -0.389 e. The molecule has 8 heteroatoms. The second-order valence-electron chi connectivity index (χ2n) is 4.76. The van der Waals surface area contributed by atoms with Gasteiger partial charge in [0.15, 0.2) is 15.5 Å². The Bertz CT molecular complexity index is 958. The maximum atomic E-state index is 11.3. The van der Waals surface area contributed by atoms with Crippen molar-refractivity contribution in [1.82, 2.24) is 19.9 Å². The smallest absolute Gasteiger partial charge is 0.190 e. The van der Waals surface area contributed by atoms with Crippen molar-refractivity contribution in [3.63, 3.8) is 0 Å². The Kier molecular flexibility index (Phi) is 3.38. The van der Waals surface area contributed by atoms with Crippen LogP contribution in [0.2, 0.25) is 0 Å². The lowest BCUT2D eigenvalue weighted by Gasteiger charge is -2.03. The van der Waals surface area contributed by atoms with E-state index in [1.54, 1.807) is 18.5 Å². The highest BCUT2D eigenvalue weighted by molar-refractivity contribution is 7.94. The number of hydrogen-bond donors (Lipinski definition) is 2. The average Bonchev–Trinajstić information content (AvgIpc) is 2.95. The lowest BCUT2D eigenvalue weighted by atomic mass is 10.1. The molecule has 0 aliphatic rings. The van der Waals surface area contributed by atoms with Crippen molar-refractivity contribution in [3.8, 4) is 11.3 Å². The molecule has 3 N–H and O–H groups in total. The molecule has 2 aromatic heterocycles. The molecule has 0 aliphatic heterocycles. The zero-order chi connectivity index (χ0) is 15.7. The number of nitrogens with two attached hydrogens (primary N) is 1. The number of fused-ring (bicyclic) bond motifs is 1. The number of rotatable bonds is 3. The van der Waals surface area contributed by atoms with Gasteiger partial charge in [0, 0.05) is 11.8 Å². The SMILES string of the molecule is CS(=O)(=O)/C(N)=C/c1ccc(-c2ncnc3[nH]cnc23)cc1. The number of sulfone groups is 1. The number of benzene rings is 1. The van der Waals surface area contributed by atoms with Crippen molar-refractivity contribution in [1.29, 1.82) is 0 Å². The highest BCUT2D eigenvalue weighted by Gasteiger charge is 2.09. The third kappa shape index (κ3) is 2.68. The Labute approximate surface area is 126 Å². The first-order valence-electron chi connectivity index (χ1n) is 6.37. The number of aromatic amines is 1. The Hall–Kier alpha value is -2.74. The summed E-state index contributed by atoms with van der Waals surface area (Å²) < 4.78 is 22.6. The Morgan fingerprint density at radius 1 is 1.18 bits per heavy atom. The van der Waals surface area contributed by atoms with Gasteiger partial charge in [-0.15, -0.1) is 0 Å². The van der Waals surface area contributed by atoms with Crippen LogP contribution in [0.1, 0.15) is 5.56 Å². The molecule has 3 rings (SSSR count). The van der Waals surface area contributed by atoms with Gasteiger partial charge >= 0.3 is 0 Å². The molecule has 3 aromatic rings. The normalized spacial score (nSPS) is 12.7. The lowest BCUT2D eigenvalue weighted by molar-refractivity contribution is 0.607. The predicted octanol–water partition coefficient (Wildman–Crippen LogP) is 1.32. The minimum atomic E-state index is -3.38. The topological polar surface area (TPSA) is 115 Å². The summed E-state index contributed by atoms with van der Waals surface area (Å²) in [6.45, 7) is 0. The molecule has 7 nitrogen and oxygen atoms in total. The fourth-order valence-electron chi connectivity index (χ4n) is 1.98. The summed E-state index contributed by atoms with van der Waals surface area (Å²) in [7, 11) is -3.38. The van der Waals surface area contributed by atoms with Gasteiger partial charge in [0.2, 0.25) is 0 Å². The van der Waals surface area contributed by atoms with E-state index in [0.717, 1.165) is 11.8 Å². The summed E-state index contributed by atoms with van der Waals surface area (Å²) in [6.07, 6.45) is 5.52. The van der Waals surface area contributed by atoms with E-state index < -0.39 is 9.84 Å². The molecule has 0 aliphatic carbocycles. The first-order valence-corrected chi connectivity index (χ1v) is 8.26. The molecule has 0 spiro atoms. The molecule has 2 heterocycles. The van der Waals surface area contributed by atoms with Crippen molar-refractivity contribution < 1.29 is 8.42 Å². The molecule has 0 saturated carbocycles. The van der Waals surface area contributed by atoms with E-state index in [1.165, 1.54) is 12.4 Å². The lowest BCUT2D eigenvalue weighted by Crippen LogP contribution is -2.09. The summed E-state index contributed by atoms with van der Waals surface area (Å²) in [5.41, 5.74) is 9.13. The van der Waals surface area contributed by atoms with E-state index in [0.29, 0.717) is 22.4 Å². The molecule has 1 aromatic carbocycles. The average molecular weight is 315 g/mol. The summed E-state index contributed by atoms with van der Waals surface area (Å²) in [5.74, 6) is 0. The van der Waals surface area contributed by atoms with Crippen LogP contribution in [-0.4, -0.2) is 34.6 Å². The van der Waals surface area contributed by atoms with Gasteiger partial charge in [-0.05, 0) is 11.6 Å². The Morgan fingerprint density at radius 3 is 2.59 bits per heavy atom. The predicted molar refractivity (Wildman–Crippen MR) is 84.1 cm³/mol. The number of H-pyrrole nitrogens is 1. The van der Waals surface area contributed by atoms with Crippen LogP contribution in [0.4, 0.5) is 0 Å². The fraction of sp³-hybridized carbons (Fsp3) is 0.0714. The van der Waals surface area contributed by atoms with E-state index in [-0.39, 0.29) is 5.03 Å². The monoisotopic (exact) mass is 315 g/mol. The van der Waals surface area contributed by atoms with Gasteiger partial charge in [-0.2, -0.15) is 0 Å². The van der Waals surface area contributed by atoms with Crippen molar-refractivity contribution in [3.05, 3.63) is 47.5 Å². The third-order valence-electron chi connectivity index (χ3n) is 3.14. The standard InChI is InChI=1S/C14H13N5O2S/c1-22(20,21)11(15)6-9-2-4-10(5-3-9)12-13-14(18-7-16-12)19-8-17-13/h2-8H,15H2,1H3,(H,16,17,18,19)/b11-6+. The Balaban J connectivity index is 2.00. The molecule has 0 fully saturated rings. The van der Waals surface area contributed by atoms with Gasteiger partial charge in [0.05, 0.1) is 6.33 Å². The zero-order valence-corrected chi connectivity index (χ0v) is 12.5. The van der Waals surface area contributed by atoms with Crippen LogP contribution < -0.4 is 5.73 Å². The number of nitrogens with one attached hydrogen (secondary N) is 1. The van der Waals surface area contributed by atoms with Crippen LogP contribution in [0.15, 0.2) is 41.9 Å². The quantitative estimate of drug-likeness (QED) is 0.753. The zero-order valence-electron chi connectivity index (χ0n) is 11.7. The van der Waals surface area contributed by atoms with Crippen LogP contribution in [0.3, 0.4) is 0 Å². The highest BCUT2D eigenvalue weighted by atomic mass is 32.2. The Morgan fingerprint density at radius 2 is 1.91 bits per heavy atom. The molecule has 0 saturated heterocycles. The largest absolute Gasteiger partial charge is 0.389 e. The third-order valence-corrected chi connectivity index (χ3v) is 4.11. The molecule has 0 unspecified atom stereocenters. The van der Waals surface area contributed by atoms with Gasteiger partial charge in [0.1, 0.15) is 22.6 Å². The van der Waals surface area contributed by atoms with Crippen molar-refractivity contribution in [2.75, 3.05) is 6.26 Å². The van der Waals surface area contributed by atoms with Gasteiger partial charge < -0.3 is 10.7 Å². The number of imidazole rings is 1. The van der Waals surface area contributed by atoms with E-state index in [9.17, 15) is 8.42 Å².